The number of esters is 1. The van der Waals surface area contributed by atoms with Gasteiger partial charge in [0.2, 0.25) is 0 Å². The Labute approximate surface area is 192 Å². The largest absolute Gasteiger partial charge is 0.463 e. The SMILES string of the molecule is CC(=O)O[C@H]1CC[C@@]2(C)C(CC=C3C2CC[C@@]2(C)C3CCC2[C@@H](C)CCCC(C)C)C1. The number of allylic oxidation sites excluding steroid dienone is 2. The summed E-state index contributed by atoms with van der Waals surface area (Å²) < 4.78 is 5.63. The van der Waals surface area contributed by atoms with Gasteiger partial charge in [-0.3, -0.25) is 4.79 Å². The number of rotatable bonds is 6. The molecule has 0 radical (unpaired) electrons. The first-order chi connectivity index (χ1) is 14.6. The van der Waals surface area contributed by atoms with Crippen molar-refractivity contribution < 1.29 is 9.53 Å². The van der Waals surface area contributed by atoms with Gasteiger partial charge in [0.25, 0.3) is 0 Å². The highest BCUT2D eigenvalue weighted by atomic mass is 16.5. The molecule has 0 heterocycles. The standard InChI is InChI=1S/C29H48O2/c1-19(2)8-7-9-20(3)25-12-13-26-24-11-10-22-18-23(31-21(4)30)14-16-28(22,5)27(24)15-17-29(25,26)6/h11,19-20,22-23,25-27H,7-10,12-18H2,1-6H3/t20-,22?,23-,25?,26?,27?,28-,29+/m0/s1. The van der Waals surface area contributed by atoms with Gasteiger partial charge in [-0.1, -0.05) is 65.5 Å². The van der Waals surface area contributed by atoms with Gasteiger partial charge in [0.05, 0.1) is 0 Å². The average Bonchev–Trinajstić information content (AvgIpc) is 3.05. The molecule has 4 aliphatic carbocycles. The van der Waals surface area contributed by atoms with Crippen LogP contribution in [-0.4, -0.2) is 12.1 Å². The molecular formula is C29H48O2. The van der Waals surface area contributed by atoms with E-state index >= 15 is 0 Å². The maximum Gasteiger partial charge on any atom is 0.302 e. The summed E-state index contributed by atoms with van der Waals surface area (Å²) in [4.78, 5) is 11.5. The van der Waals surface area contributed by atoms with E-state index in [1.54, 1.807) is 6.92 Å². The molecule has 2 heteroatoms. The fourth-order valence-corrected chi connectivity index (χ4v) is 8.84. The maximum atomic E-state index is 11.5. The minimum absolute atomic E-state index is 0.103. The van der Waals surface area contributed by atoms with Crippen LogP contribution in [0.15, 0.2) is 11.6 Å². The van der Waals surface area contributed by atoms with E-state index in [4.69, 9.17) is 4.74 Å². The molecule has 0 aliphatic heterocycles. The van der Waals surface area contributed by atoms with Crippen LogP contribution in [0.4, 0.5) is 0 Å². The molecule has 0 saturated heterocycles. The third kappa shape index (κ3) is 4.26. The molecule has 0 aromatic heterocycles. The summed E-state index contributed by atoms with van der Waals surface area (Å²) in [6, 6.07) is 0. The van der Waals surface area contributed by atoms with E-state index in [0.29, 0.717) is 16.7 Å². The minimum Gasteiger partial charge on any atom is -0.463 e. The number of fused-ring (bicyclic) bond motifs is 5. The Bertz CT molecular complexity index is 693. The van der Waals surface area contributed by atoms with Crippen LogP contribution in [0.1, 0.15) is 112 Å². The summed E-state index contributed by atoms with van der Waals surface area (Å²) in [5.41, 5.74) is 2.80. The summed E-state index contributed by atoms with van der Waals surface area (Å²) in [6.07, 6.45) is 17.3. The fourth-order valence-electron chi connectivity index (χ4n) is 8.84. The van der Waals surface area contributed by atoms with Gasteiger partial charge >= 0.3 is 5.97 Å². The zero-order valence-electron chi connectivity index (χ0n) is 21.2. The first-order valence-electron chi connectivity index (χ1n) is 13.5. The van der Waals surface area contributed by atoms with Crippen molar-refractivity contribution in [3.8, 4) is 0 Å². The van der Waals surface area contributed by atoms with Crippen molar-refractivity contribution in [1.82, 2.24) is 0 Å². The summed E-state index contributed by atoms with van der Waals surface area (Å²) in [5.74, 6) is 4.81. The van der Waals surface area contributed by atoms with Crippen LogP contribution in [0, 0.1) is 46.3 Å². The van der Waals surface area contributed by atoms with E-state index in [-0.39, 0.29) is 12.1 Å². The molecule has 176 valence electrons. The Kier molecular flexibility index (Phi) is 6.68. The van der Waals surface area contributed by atoms with E-state index < -0.39 is 0 Å². The zero-order valence-corrected chi connectivity index (χ0v) is 21.2. The lowest BCUT2D eigenvalue weighted by molar-refractivity contribution is -0.152. The van der Waals surface area contributed by atoms with Crippen LogP contribution in [0.2, 0.25) is 0 Å². The summed E-state index contributed by atoms with van der Waals surface area (Å²) in [6.45, 7) is 14.1. The van der Waals surface area contributed by atoms with Crippen molar-refractivity contribution in [2.75, 3.05) is 0 Å². The first kappa shape index (κ1) is 23.4. The third-order valence-corrected chi connectivity index (χ3v) is 10.6. The van der Waals surface area contributed by atoms with Crippen LogP contribution >= 0.6 is 0 Å². The number of hydrogen-bond acceptors (Lipinski definition) is 2. The fraction of sp³-hybridized carbons (Fsp3) is 0.897. The quantitative estimate of drug-likeness (QED) is 0.317. The molecule has 3 fully saturated rings. The van der Waals surface area contributed by atoms with Gasteiger partial charge in [-0.15, -0.1) is 0 Å². The maximum absolute atomic E-state index is 11.5. The summed E-state index contributed by atoms with van der Waals surface area (Å²) in [5, 5.41) is 0. The van der Waals surface area contributed by atoms with Crippen molar-refractivity contribution in [2.24, 2.45) is 46.3 Å². The molecule has 0 aromatic rings. The van der Waals surface area contributed by atoms with Crippen molar-refractivity contribution in [2.45, 2.75) is 118 Å². The molecule has 3 saturated carbocycles. The van der Waals surface area contributed by atoms with Gasteiger partial charge in [-0.25, -0.2) is 0 Å². The van der Waals surface area contributed by atoms with Crippen molar-refractivity contribution in [3.05, 3.63) is 11.6 Å². The Morgan fingerprint density at radius 2 is 1.74 bits per heavy atom. The smallest absolute Gasteiger partial charge is 0.302 e. The van der Waals surface area contributed by atoms with E-state index in [1.165, 1.54) is 57.8 Å². The Morgan fingerprint density at radius 3 is 2.45 bits per heavy atom. The zero-order chi connectivity index (χ0) is 22.4. The number of hydrogen-bond donors (Lipinski definition) is 0. The van der Waals surface area contributed by atoms with Crippen molar-refractivity contribution in [3.63, 3.8) is 0 Å². The second-order valence-electron chi connectivity index (χ2n) is 12.8. The molecule has 4 rings (SSSR count). The van der Waals surface area contributed by atoms with Gasteiger partial charge in [-0.2, -0.15) is 0 Å². The van der Waals surface area contributed by atoms with Gasteiger partial charge in [0.1, 0.15) is 6.10 Å². The van der Waals surface area contributed by atoms with Crippen LogP contribution in [0.25, 0.3) is 0 Å². The number of carbonyl (C=O) groups excluding carboxylic acids is 1. The molecule has 0 bridgehead atoms. The lowest BCUT2D eigenvalue weighted by Crippen LogP contribution is -2.50. The van der Waals surface area contributed by atoms with Crippen LogP contribution in [0.5, 0.6) is 0 Å². The summed E-state index contributed by atoms with van der Waals surface area (Å²) in [7, 11) is 0. The monoisotopic (exact) mass is 428 g/mol. The van der Waals surface area contributed by atoms with Crippen molar-refractivity contribution >= 4 is 5.97 Å². The molecule has 4 aliphatic rings. The van der Waals surface area contributed by atoms with Crippen molar-refractivity contribution in [1.29, 1.82) is 0 Å². The van der Waals surface area contributed by atoms with E-state index in [9.17, 15) is 4.79 Å². The molecule has 0 aromatic carbocycles. The molecule has 4 unspecified atom stereocenters. The predicted molar refractivity (Wildman–Crippen MR) is 129 cm³/mol. The Morgan fingerprint density at radius 1 is 1.03 bits per heavy atom. The van der Waals surface area contributed by atoms with Gasteiger partial charge in [0.15, 0.2) is 0 Å². The lowest BCUT2D eigenvalue weighted by atomic mass is 9.47. The lowest BCUT2D eigenvalue weighted by Gasteiger charge is -2.58. The predicted octanol–water partition coefficient (Wildman–Crippen LogP) is 7.96. The van der Waals surface area contributed by atoms with E-state index in [2.05, 4.69) is 40.7 Å². The normalized spacial score (nSPS) is 42.9. The molecular weight excluding hydrogens is 380 g/mol. The number of ether oxygens (including phenoxy) is 1. The molecule has 0 N–H and O–H groups in total. The van der Waals surface area contributed by atoms with Crippen LogP contribution < -0.4 is 0 Å². The highest BCUT2D eigenvalue weighted by Crippen LogP contribution is 2.67. The molecule has 0 spiro atoms. The first-order valence-corrected chi connectivity index (χ1v) is 13.5. The minimum atomic E-state index is -0.103. The van der Waals surface area contributed by atoms with Gasteiger partial charge in [-0.05, 0) is 97.7 Å². The molecule has 8 atom stereocenters. The van der Waals surface area contributed by atoms with Crippen LogP contribution in [0.3, 0.4) is 0 Å². The summed E-state index contributed by atoms with van der Waals surface area (Å²) >= 11 is 0. The Hall–Kier alpha value is -0.790. The average molecular weight is 429 g/mol. The molecule has 2 nitrogen and oxygen atoms in total. The van der Waals surface area contributed by atoms with Gasteiger partial charge in [0, 0.05) is 6.92 Å². The van der Waals surface area contributed by atoms with E-state index in [1.807, 2.05) is 5.57 Å². The number of carbonyl (C=O) groups is 1. The highest BCUT2D eigenvalue weighted by molar-refractivity contribution is 5.66. The third-order valence-electron chi connectivity index (χ3n) is 10.6. The van der Waals surface area contributed by atoms with Gasteiger partial charge < -0.3 is 4.74 Å². The van der Waals surface area contributed by atoms with Crippen LogP contribution in [-0.2, 0) is 9.53 Å². The van der Waals surface area contributed by atoms with E-state index in [0.717, 1.165) is 42.4 Å². The topological polar surface area (TPSA) is 26.3 Å². The molecule has 31 heavy (non-hydrogen) atoms. The second kappa shape index (κ2) is 8.86. The highest BCUT2D eigenvalue weighted by Gasteiger charge is 2.58. The Balaban J connectivity index is 1.47. The molecule has 0 amide bonds. The second-order valence-corrected chi connectivity index (χ2v) is 12.8.